The van der Waals surface area contributed by atoms with Gasteiger partial charge < -0.3 is 15.0 Å². The molecule has 0 aromatic heterocycles. The largest absolute Gasteiger partial charge is 0.453 e. The third-order valence-corrected chi connectivity index (χ3v) is 3.99. The highest BCUT2D eigenvalue weighted by Gasteiger charge is 2.16. The van der Waals surface area contributed by atoms with Gasteiger partial charge in [0.05, 0.1) is 0 Å². The van der Waals surface area contributed by atoms with Crippen LogP contribution in [0.2, 0.25) is 0 Å². The van der Waals surface area contributed by atoms with Crippen LogP contribution in [-0.4, -0.2) is 50.1 Å². The quantitative estimate of drug-likeness (QED) is 0.365. The lowest BCUT2D eigenvalue weighted by Gasteiger charge is -2.14. The zero-order valence-electron chi connectivity index (χ0n) is 16.2. The van der Waals surface area contributed by atoms with Gasteiger partial charge in [0, 0.05) is 13.0 Å². The van der Waals surface area contributed by atoms with Crippen LogP contribution in [-0.2, 0) is 14.3 Å². The molecule has 24 heavy (non-hydrogen) atoms. The van der Waals surface area contributed by atoms with E-state index in [-0.39, 0.29) is 11.9 Å². The van der Waals surface area contributed by atoms with Crippen molar-refractivity contribution in [3.63, 3.8) is 0 Å². The number of amides is 1. The summed E-state index contributed by atoms with van der Waals surface area (Å²) in [6.07, 6.45) is 10.1. The Labute approximate surface area is 148 Å². The Balaban J connectivity index is 3.58. The highest BCUT2D eigenvalue weighted by Crippen LogP contribution is 2.10. The van der Waals surface area contributed by atoms with Gasteiger partial charge in [-0.05, 0) is 40.4 Å². The highest BCUT2D eigenvalue weighted by molar-refractivity contribution is 5.83. The van der Waals surface area contributed by atoms with Crippen LogP contribution in [0.1, 0.15) is 78.1 Å². The van der Waals surface area contributed by atoms with Crippen LogP contribution in [0, 0.1) is 0 Å². The Kier molecular flexibility index (Phi) is 14.7. The summed E-state index contributed by atoms with van der Waals surface area (Å²) in [5.74, 6) is -0.477. The maximum absolute atomic E-state index is 11.8. The number of carbonyl (C=O) groups excluding carboxylic acids is 2. The van der Waals surface area contributed by atoms with E-state index in [9.17, 15) is 9.59 Å². The third-order valence-electron chi connectivity index (χ3n) is 3.99. The molecule has 142 valence electrons. The lowest BCUT2D eigenvalue weighted by Crippen LogP contribution is -2.37. The Morgan fingerprint density at radius 3 is 2.12 bits per heavy atom. The van der Waals surface area contributed by atoms with Crippen molar-refractivity contribution in [3.8, 4) is 0 Å². The third kappa shape index (κ3) is 14.5. The Morgan fingerprint density at radius 1 is 0.958 bits per heavy atom. The van der Waals surface area contributed by atoms with Gasteiger partial charge in [-0.15, -0.1) is 0 Å². The molecule has 1 atom stereocenters. The first-order valence-electron chi connectivity index (χ1n) is 9.59. The minimum absolute atomic E-state index is 0.210. The van der Waals surface area contributed by atoms with E-state index in [1.54, 1.807) is 6.92 Å². The summed E-state index contributed by atoms with van der Waals surface area (Å²) in [5.41, 5.74) is 0. The molecule has 0 fully saturated rings. The van der Waals surface area contributed by atoms with E-state index in [1.165, 1.54) is 38.5 Å². The molecule has 0 aromatic carbocycles. The second kappa shape index (κ2) is 15.4. The number of nitrogens with one attached hydrogen (secondary N) is 1. The Hall–Kier alpha value is -1.10. The average Bonchev–Trinajstić information content (AvgIpc) is 2.53. The smallest absolute Gasteiger partial charge is 0.306 e. The molecule has 0 spiro atoms. The fourth-order valence-electron chi connectivity index (χ4n) is 2.46. The summed E-state index contributed by atoms with van der Waals surface area (Å²) in [5, 5.41) is 2.80. The maximum Gasteiger partial charge on any atom is 0.306 e. The highest BCUT2D eigenvalue weighted by atomic mass is 16.5. The lowest BCUT2D eigenvalue weighted by molar-refractivity contribution is -0.154. The molecule has 0 saturated carbocycles. The first-order chi connectivity index (χ1) is 11.5. The van der Waals surface area contributed by atoms with Gasteiger partial charge >= 0.3 is 5.97 Å². The molecule has 1 unspecified atom stereocenters. The molecule has 0 aromatic rings. The van der Waals surface area contributed by atoms with Crippen LogP contribution in [0.4, 0.5) is 0 Å². The second-order valence-electron chi connectivity index (χ2n) is 6.80. The molecular formula is C19H38N2O3. The fraction of sp³-hybridized carbons (Fsp3) is 0.895. The summed E-state index contributed by atoms with van der Waals surface area (Å²) in [6, 6.07) is 0. The van der Waals surface area contributed by atoms with E-state index in [1.807, 2.05) is 14.1 Å². The molecule has 5 heteroatoms. The van der Waals surface area contributed by atoms with Crippen molar-refractivity contribution in [1.82, 2.24) is 10.2 Å². The number of ether oxygens (including phenoxy) is 1. The molecule has 0 aliphatic heterocycles. The topological polar surface area (TPSA) is 58.6 Å². The van der Waals surface area contributed by atoms with E-state index >= 15 is 0 Å². The minimum Gasteiger partial charge on any atom is -0.453 e. The normalized spacial score (nSPS) is 12.2. The van der Waals surface area contributed by atoms with Crippen molar-refractivity contribution in [3.05, 3.63) is 0 Å². The molecule has 0 radical (unpaired) electrons. The van der Waals surface area contributed by atoms with Crippen LogP contribution in [0.3, 0.4) is 0 Å². The first-order valence-corrected chi connectivity index (χ1v) is 9.59. The molecule has 0 saturated heterocycles. The monoisotopic (exact) mass is 342 g/mol. The van der Waals surface area contributed by atoms with Crippen LogP contribution < -0.4 is 5.32 Å². The number of nitrogens with zero attached hydrogens (tertiary/aromatic N) is 1. The Morgan fingerprint density at radius 2 is 1.54 bits per heavy atom. The van der Waals surface area contributed by atoms with Crippen LogP contribution in [0.5, 0.6) is 0 Å². The van der Waals surface area contributed by atoms with E-state index in [0.29, 0.717) is 13.0 Å². The second-order valence-corrected chi connectivity index (χ2v) is 6.80. The van der Waals surface area contributed by atoms with Crippen molar-refractivity contribution >= 4 is 11.9 Å². The summed E-state index contributed by atoms with van der Waals surface area (Å²) in [7, 11) is 3.99. The molecule has 0 aliphatic carbocycles. The Bertz CT molecular complexity index is 333. The lowest BCUT2D eigenvalue weighted by atomic mass is 10.1. The van der Waals surface area contributed by atoms with Crippen molar-refractivity contribution in [2.24, 2.45) is 0 Å². The predicted molar refractivity (Wildman–Crippen MR) is 99.0 cm³/mol. The average molecular weight is 343 g/mol. The van der Waals surface area contributed by atoms with Gasteiger partial charge in [-0.2, -0.15) is 0 Å². The zero-order valence-corrected chi connectivity index (χ0v) is 16.2. The van der Waals surface area contributed by atoms with Crippen LogP contribution in [0.15, 0.2) is 0 Å². The summed E-state index contributed by atoms with van der Waals surface area (Å²) in [4.78, 5) is 25.6. The molecule has 0 aliphatic rings. The molecule has 0 bridgehead atoms. The number of unbranched alkanes of at least 4 members (excludes halogenated alkanes) is 7. The first kappa shape index (κ1) is 22.9. The number of hydrogen-bond donors (Lipinski definition) is 1. The van der Waals surface area contributed by atoms with Crippen molar-refractivity contribution in [2.45, 2.75) is 84.2 Å². The molecular weight excluding hydrogens is 304 g/mol. The SMILES string of the molecule is CCCCCCCCCCC(=O)OC(C)C(=O)NCCCN(C)C. The number of carbonyl (C=O) groups is 2. The maximum atomic E-state index is 11.8. The van der Waals surface area contributed by atoms with Gasteiger partial charge in [-0.25, -0.2) is 0 Å². The zero-order chi connectivity index (χ0) is 18.2. The summed E-state index contributed by atoms with van der Waals surface area (Å²) >= 11 is 0. The van der Waals surface area contributed by atoms with Crippen LogP contribution in [0.25, 0.3) is 0 Å². The van der Waals surface area contributed by atoms with E-state index in [2.05, 4.69) is 17.1 Å². The summed E-state index contributed by atoms with van der Waals surface area (Å²) < 4.78 is 5.19. The van der Waals surface area contributed by atoms with Crippen molar-refractivity contribution in [2.75, 3.05) is 27.2 Å². The molecule has 1 amide bonds. The van der Waals surface area contributed by atoms with Gasteiger partial charge in [0.25, 0.3) is 5.91 Å². The van der Waals surface area contributed by atoms with Gasteiger partial charge in [0.1, 0.15) is 0 Å². The molecule has 0 rings (SSSR count). The molecule has 5 nitrogen and oxygen atoms in total. The summed E-state index contributed by atoms with van der Waals surface area (Å²) in [6.45, 7) is 5.38. The van der Waals surface area contributed by atoms with E-state index in [0.717, 1.165) is 25.8 Å². The number of esters is 1. The minimum atomic E-state index is -0.703. The van der Waals surface area contributed by atoms with Gasteiger partial charge in [0.15, 0.2) is 6.10 Å². The van der Waals surface area contributed by atoms with Crippen LogP contribution >= 0.6 is 0 Å². The number of hydrogen-bond acceptors (Lipinski definition) is 4. The van der Waals surface area contributed by atoms with Crippen molar-refractivity contribution < 1.29 is 14.3 Å². The molecule has 0 heterocycles. The van der Waals surface area contributed by atoms with E-state index in [4.69, 9.17) is 4.74 Å². The molecule has 1 N–H and O–H groups in total. The van der Waals surface area contributed by atoms with Gasteiger partial charge in [-0.1, -0.05) is 51.9 Å². The predicted octanol–water partition coefficient (Wildman–Crippen LogP) is 3.52. The number of rotatable bonds is 15. The van der Waals surface area contributed by atoms with E-state index < -0.39 is 6.10 Å². The van der Waals surface area contributed by atoms with Gasteiger partial charge in [-0.3, -0.25) is 9.59 Å². The fourth-order valence-corrected chi connectivity index (χ4v) is 2.46. The van der Waals surface area contributed by atoms with Gasteiger partial charge in [0.2, 0.25) is 0 Å². The van der Waals surface area contributed by atoms with Crippen molar-refractivity contribution in [1.29, 1.82) is 0 Å². The standard InChI is InChI=1S/C19H38N2O3/c1-5-6-7-8-9-10-11-12-14-18(22)24-17(2)19(23)20-15-13-16-21(3)4/h17H,5-16H2,1-4H3,(H,20,23).